The van der Waals surface area contributed by atoms with E-state index < -0.39 is 11.9 Å². The van der Waals surface area contributed by atoms with Gasteiger partial charge in [0.05, 0.1) is 47.3 Å². The number of allylic oxidation sites excluding steroid dienone is 2. The van der Waals surface area contributed by atoms with Gasteiger partial charge < -0.3 is 28.7 Å². The molecule has 2 heterocycles. The van der Waals surface area contributed by atoms with Gasteiger partial charge in [-0.25, -0.2) is 0 Å². The maximum atomic E-state index is 13.8. The lowest BCUT2D eigenvalue weighted by atomic mass is 9.77. The van der Waals surface area contributed by atoms with Crippen LogP contribution in [0.25, 0.3) is 0 Å². The fourth-order valence-corrected chi connectivity index (χ4v) is 6.23. The average Bonchev–Trinajstić information content (AvgIpc) is 3.49. The van der Waals surface area contributed by atoms with Crippen molar-refractivity contribution in [3.8, 4) is 17.2 Å². The highest BCUT2D eigenvalue weighted by Gasteiger charge is 2.49. The maximum absolute atomic E-state index is 13.8. The molecule has 3 atom stereocenters. The summed E-state index contributed by atoms with van der Waals surface area (Å²) < 4.78 is 17.7. The van der Waals surface area contributed by atoms with E-state index >= 15 is 0 Å². The van der Waals surface area contributed by atoms with E-state index in [9.17, 15) is 14.7 Å². The van der Waals surface area contributed by atoms with E-state index in [1.54, 1.807) is 7.11 Å². The number of hydrogen-bond donors (Lipinski definition) is 1. The Kier molecular flexibility index (Phi) is 11.1. The summed E-state index contributed by atoms with van der Waals surface area (Å²) in [6.45, 7) is 11.5. The van der Waals surface area contributed by atoms with E-state index in [1.807, 2.05) is 30.0 Å². The van der Waals surface area contributed by atoms with Crippen LogP contribution in [0.15, 0.2) is 24.3 Å². The normalized spacial score (nSPS) is 21.0. The van der Waals surface area contributed by atoms with Gasteiger partial charge in [0, 0.05) is 38.0 Å². The first-order valence-corrected chi connectivity index (χ1v) is 15.0. The molecule has 9 heteroatoms. The number of benzene rings is 1. The van der Waals surface area contributed by atoms with Gasteiger partial charge in [0.25, 0.3) is 0 Å². The Hall–Kier alpha value is -2.78. The van der Waals surface area contributed by atoms with Gasteiger partial charge in [-0.1, -0.05) is 39.3 Å². The van der Waals surface area contributed by atoms with E-state index in [0.717, 1.165) is 42.4 Å². The molecular formula is C32H52N3O6+. The Labute approximate surface area is 246 Å². The van der Waals surface area contributed by atoms with Crippen molar-refractivity contribution in [3.63, 3.8) is 0 Å². The van der Waals surface area contributed by atoms with Crippen LogP contribution in [-0.4, -0.2) is 105 Å². The van der Waals surface area contributed by atoms with Crippen LogP contribution in [0, 0.1) is 11.3 Å². The maximum Gasteiger partial charge on any atom is 0.308 e. The zero-order chi connectivity index (χ0) is 30.4. The first-order valence-electron chi connectivity index (χ1n) is 15.0. The van der Waals surface area contributed by atoms with E-state index in [1.165, 1.54) is 0 Å². The largest absolute Gasteiger partial charge is 0.493 e. The number of carboxylic acid groups (broad SMARTS) is 1. The molecule has 0 radical (unpaired) electrons. The minimum Gasteiger partial charge on any atom is -0.493 e. The first-order chi connectivity index (χ1) is 19.3. The van der Waals surface area contributed by atoms with Gasteiger partial charge in [0.1, 0.15) is 0 Å². The number of carbonyl (C=O) groups is 2. The molecule has 1 aromatic rings. The van der Waals surface area contributed by atoms with Gasteiger partial charge in [-0.3, -0.25) is 14.5 Å². The van der Waals surface area contributed by atoms with Crippen LogP contribution in [0.5, 0.6) is 17.2 Å². The number of aliphatic carboxylic acids is 1. The number of unbranched alkanes of at least 4 members (excludes halogenated alkanes) is 1. The molecule has 1 saturated heterocycles. The molecule has 0 aliphatic carbocycles. The number of fused-ring (bicyclic) bond motifs is 1. The zero-order valence-corrected chi connectivity index (χ0v) is 26.4. The molecule has 0 bridgehead atoms. The molecule has 2 aliphatic heterocycles. The first kappa shape index (κ1) is 32.7. The number of nitrogens with zero attached hydrogens (tertiary/aromatic N) is 3. The Balaban J connectivity index is 1.94. The van der Waals surface area contributed by atoms with Gasteiger partial charge >= 0.3 is 5.97 Å². The topological polar surface area (TPSA) is 88.5 Å². The Morgan fingerprint density at radius 2 is 1.90 bits per heavy atom. The van der Waals surface area contributed by atoms with Crippen LogP contribution in [-0.2, 0) is 9.59 Å². The lowest BCUT2D eigenvalue weighted by molar-refractivity contribution is -0.870. The molecule has 1 N–H and O–H groups in total. The second kappa shape index (κ2) is 13.9. The van der Waals surface area contributed by atoms with E-state index in [-0.39, 0.29) is 36.6 Å². The summed E-state index contributed by atoms with van der Waals surface area (Å²) in [5.74, 6) is -0.180. The van der Waals surface area contributed by atoms with E-state index in [0.29, 0.717) is 36.8 Å². The van der Waals surface area contributed by atoms with Crippen LogP contribution < -0.4 is 14.2 Å². The lowest BCUT2D eigenvalue weighted by Gasteiger charge is -2.34. The summed E-state index contributed by atoms with van der Waals surface area (Å²) in [5, 5.41) is 10.6. The second-order valence-corrected chi connectivity index (χ2v) is 13.2. The monoisotopic (exact) mass is 574 g/mol. The molecule has 1 fully saturated rings. The van der Waals surface area contributed by atoms with Crippen LogP contribution in [0.4, 0.5) is 0 Å². The molecular weight excluding hydrogens is 522 g/mol. The Morgan fingerprint density at radius 3 is 2.51 bits per heavy atom. The number of methoxy groups -OCH3 is 1. The van der Waals surface area contributed by atoms with Gasteiger partial charge in [0.2, 0.25) is 18.4 Å². The Bertz CT molecular complexity index is 1080. The summed E-state index contributed by atoms with van der Waals surface area (Å²) in [4.78, 5) is 30.9. The second-order valence-electron chi connectivity index (χ2n) is 13.2. The van der Waals surface area contributed by atoms with Crippen molar-refractivity contribution in [2.45, 2.75) is 65.3 Å². The number of amides is 1. The fourth-order valence-electron chi connectivity index (χ4n) is 6.23. The summed E-state index contributed by atoms with van der Waals surface area (Å²) >= 11 is 0. The molecule has 0 spiro atoms. The van der Waals surface area contributed by atoms with Crippen LogP contribution in [0.1, 0.15) is 64.9 Å². The van der Waals surface area contributed by atoms with Crippen molar-refractivity contribution in [2.75, 3.05) is 67.8 Å². The Morgan fingerprint density at radius 1 is 1.20 bits per heavy atom. The molecule has 0 saturated carbocycles. The smallest absolute Gasteiger partial charge is 0.308 e. The lowest BCUT2D eigenvalue weighted by Crippen LogP contribution is -2.46. The van der Waals surface area contributed by atoms with Crippen LogP contribution in [0.3, 0.4) is 0 Å². The molecule has 9 nitrogen and oxygen atoms in total. The summed E-state index contributed by atoms with van der Waals surface area (Å²) in [6.07, 6.45) is 7.65. The highest BCUT2D eigenvalue weighted by molar-refractivity contribution is 5.79. The predicted octanol–water partition coefficient (Wildman–Crippen LogP) is 4.61. The van der Waals surface area contributed by atoms with Crippen LogP contribution >= 0.6 is 0 Å². The van der Waals surface area contributed by atoms with Crippen molar-refractivity contribution in [3.05, 3.63) is 29.8 Å². The highest BCUT2D eigenvalue weighted by atomic mass is 16.7. The number of hydrogen-bond acceptors (Lipinski definition) is 6. The minimum absolute atomic E-state index is 0.0711. The number of likely N-dealkylation sites (tertiary alicyclic amines) is 1. The SMILES string of the molecule is CC=CC(C)(C)C[C@H]1[C@H](C(=O)O)[C@@H](c2cc(OC)c3c(c2)OCO3)CN1CC(=O)N(CCCC)CCC[N+](C)(C)C. The highest BCUT2D eigenvalue weighted by Crippen LogP contribution is 2.48. The number of ether oxygens (including phenoxy) is 3. The number of carbonyl (C=O) groups excluding carboxylic acids is 1. The number of rotatable bonds is 15. The van der Waals surface area contributed by atoms with Crippen LogP contribution in [0.2, 0.25) is 0 Å². The molecule has 1 aromatic carbocycles. The van der Waals surface area contributed by atoms with Gasteiger partial charge in [0.15, 0.2) is 11.5 Å². The molecule has 230 valence electrons. The summed E-state index contributed by atoms with van der Waals surface area (Å²) in [5.41, 5.74) is 0.593. The molecule has 41 heavy (non-hydrogen) atoms. The van der Waals surface area contributed by atoms with E-state index in [2.05, 4.69) is 52.9 Å². The van der Waals surface area contributed by atoms with Crippen molar-refractivity contribution in [1.82, 2.24) is 9.80 Å². The predicted molar refractivity (Wildman–Crippen MR) is 161 cm³/mol. The third-order valence-electron chi connectivity index (χ3n) is 8.22. The molecule has 1 amide bonds. The van der Waals surface area contributed by atoms with Crippen molar-refractivity contribution in [2.24, 2.45) is 11.3 Å². The fraction of sp³-hybridized carbons (Fsp3) is 0.688. The van der Waals surface area contributed by atoms with Crippen molar-refractivity contribution in [1.29, 1.82) is 0 Å². The van der Waals surface area contributed by atoms with E-state index in [4.69, 9.17) is 14.2 Å². The third-order valence-corrected chi connectivity index (χ3v) is 8.22. The zero-order valence-electron chi connectivity index (χ0n) is 26.4. The van der Waals surface area contributed by atoms with Gasteiger partial charge in [-0.15, -0.1) is 0 Å². The molecule has 2 aliphatic rings. The summed E-state index contributed by atoms with van der Waals surface area (Å²) in [6, 6.07) is 3.43. The minimum atomic E-state index is -0.853. The number of quaternary nitrogens is 1. The standard InChI is InChI=1S/C32H51N3O6/c1-9-11-14-33(15-12-16-35(5,6)7)28(36)21-34-20-24(23-17-26(39-8)30-27(18-23)40-22-41-30)29(31(37)38)25(34)19-32(3,4)13-10-2/h10,13,17-18,24-25,29H,9,11-12,14-16,19-22H2,1-8H3/p+1/t24-,25+,29-/m1/s1. The number of carboxylic acids is 1. The quantitative estimate of drug-likeness (QED) is 0.242. The van der Waals surface area contributed by atoms with Crippen molar-refractivity contribution < 1.29 is 33.4 Å². The third kappa shape index (κ3) is 8.61. The molecule has 0 unspecified atom stereocenters. The van der Waals surface area contributed by atoms with Gasteiger partial charge in [-0.05, 0) is 42.9 Å². The molecule has 3 rings (SSSR count). The molecule has 0 aromatic heterocycles. The van der Waals surface area contributed by atoms with Gasteiger partial charge in [-0.2, -0.15) is 0 Å². The van der Waals surface area contributed by atoms with Crippen molar-refractivity contribution >= 4 is 11.9 Å². The average molecular weight is 575 g/mol. The summed E-state index contributed by atoms with van der Waals surface area (Å²) in [7, 11) is 8.06.